The van der Waals surface area contributed by atoms with E-state index >= 15 is 0 Å². The fraction of sp³-hybridized carbons (Fsp3) is 0.600. The predicted molar refractivity (Wildman–Crippen MR) is 57.6 cm³/mol. The second kappa shape index (κ2) is 4.02. The first kappa shape index (κ1) is 10.2. The van der Waals surface area contributed by atoms with Crippen molar-refractivity contribution >= 4 is 11.7 Å². The van der Waals surface area contributed by atoms with E-state index in [2.05, 4.69) is 15.7 Å². The van der Waals surface area contributed by atoms with Crippen molar-refractivity contribution in [1.82, 2.24) is 15.1 Å². The van der Waals surface area contributed by atoms with Gasteiger partial charge in [0.1, 0.15) is 0 Å². The average Bonchev–Trinajstić information content (AvgIpc) is 2.77. The van der Waals surface area contributed by atoms with Crippen LogP contribution in [0.25, 0.3) is 0 Å². The van der Waals surface area contributed by atoms with Crippen LogP contribution in [0.15, 0.2) is 6.07 Å². The van der Waals surface area contributed by atoms with Gasteiger partial charge in [-0.3, -0.25) is 9.48 Å². The second-order valence-electron chi connectivity index (χ2n) is 3.93. The van der Waals surface area contributed by atoms with Crippen molar-refractivity contribution in [2.75, 3.05) is 11.9 Å². The van der Waals surface area contributed by atoms with Crippen LogP contribution >= 0.6 is 0 Å². The molecule has 2 N–H and O–H groups in total. The van der Waals surface area contributed by atoms with Crippen LogP contribution in [0.1, 0.15) is 18.5 Å². The molecule has 1 atom stereocenters. The number of rotatable bonds is 2. The Labute approximate surface area is 88.8 Å². The molecule has 2 heterocycles. The summed E-state index contributed by atoms with van der Waals surface area (Å²) in [5, 5.41) is 10.1. The molecule has 0 saturated carbocycles. The largest absolute Gasteiger partial charge is 0.308 e. The first-order valence-electron chi connectivity index (χ1n) is 5.22. The highest BCUT2D eigenvalue weighted by atomic mass is 16.2. The van der Waals surface area contributed by atoms with E-state index in [4.69, 9.17) is 0 Å². The van der Waals surface area contributed by atoms with Crippen LogP contribution in [0.4, 0.5) is 5.82 Å². The van der Waals surface area contributed by atoms with Gasteiger partial charge in [-0.15, -0.1) is 0 Å². The summed E-state index contributed by atoms with van der Waals surface area (Å²) in [6, 6.07) is 1.82. The van der Waals surface area contributed by atoms with E-state index in [1.165, 1.54) is 0 Å². The number of amides is 1. The van der Waals surface area contributed by atoms with E-state index in [1.807, 2.05) is 20.0 Å². The molecule has 15 heavy (non-hydrogen) atoms. The smallest absolute Gasteiger partial charge is 0.242 e. The van der Waals surface area contributed by atoms with Crippen LogP contribution in [-0.4, -0.2) is 28.3 Å². The molecule has 1 fully saturated rings. The molecule has 0 spiro atoms. The summed E-state index contributed by atoms with van der Waals surface area (Å²) in [5.74, 6) is 0.652. The van der Waals surface area contributed by atoms with Gasteiger partial charge in [0.05, 0.1) is 6.04 Å². The molecular weight excluding hydrogens is 192 g/mol. The summed E-state index contributed by atoms with van der Waals surface area (Å²) in [5.41, 5.74) is 1.03. The number of hydrogen-bond donors (Lipinski definition) is 2. The van der Waals surface area contributed by atoms with E-state index in [9.17, 15) is 4.79 Å². The quantitative estimate of drug-likeness (QED) is 0.740. The number of hydrogen-bond acceptors (Lipinski definition) is 3. The zero-order chi connectivity index (χ0) is 10.8. The first-order valence-corrected chi connectivity index (χ1v) is 5.22. The van der Waals surface area contributed by atoms with Gasteiger partial charge in [0.25, 0.3) is 0 Å². The minimum atomic E-state index is -0.0488. The predicted octanol–water partition coefficient (Wildman–Crippen LogP) is 0.419. The number of carbonyl (C=O) groups excluding carboxylic acids is 1. The van der Waals surface area contributed by atoms with Crippen molar-refractivity contribution in [2.24, 2.45) is 7.05 Å². The molecular formula is C10H16N4O. The summed E-state index contributed by atoms with van der Waals surface area (Å²) >= 11 is 0. The lowest BCUT2D eigenvalue weighted by molar-refractivity contribution is -0.117. The summed E-state index contributed by atoms with van der Waals surface area (Å²) in [6.07, 6.45) is 1.98. The lowest BCUT2D eigenvalue weighted by Gasteiger charge is -2.08. The highest BCUT2D eigenvalue weighted by molar-refractivity contribution is 5.94. The lowest BCUT2D eigenvalue weighted by atomic mass is 10.2. The van der Waals surface area contributed by atoms with E-state index in [0.717, 1.165) is 25.1 Å². The third-order valence-electron chi connectivity index (χ3n) is 2.74. The molecule has 0 aromatic carbocycles. The molecule has 1 amide bonds. The molecule has 1 saturated heterocycles. The maximum atomic E-state index is 11.7. The number of aromatic nitrogens is 2. The van der Waals surface area contributed by atoms with Crippen molar-refractivity contribution in [2.45, 2.75) is 25.8 Å². The van der Waals surface area contributed by atoms with Crippen molar-refractivity contribution in [1.29, 1.82) is 0 Å². The number of nitrogens with one attached hydrogen (secondary N) is 2. The number of anilines is 1. The molecule has 5 heteroatoms. The average molecular weight is 208 g/mol. The highest BCUT2D eigenvalue weighted by Gasteiger charge is 2.22. The van der Waals surface area contributed by atoms with Crippen LogP contribution < -0.4 is 10.6 Å². The first-order chi connectivity index (χ1) is 7.16. The van der Waals surface area contributed by atoms with Gasteiger partial charge in [0, 0.05) is 18.8 Å². The van der Waals surface area contributed by atoms with Gasteiger partial charge >= 0.3 is 0 Å². The second-order valence-corrected chi connectivity index (χ2v) is 3.93. The topological polar surface area (TPSA) is 59.0 Å². The Morgan fingerprint density at radius 1 is 1.73 bits per heavy atom. The number of nitrogens with zero attached hydrogens (tertiary/aromatic N) is 2. The van der Waals surface area contributed by atoms with Gasteiger partial charge in [-0.25, -0.2) is 0 Å². The van der Waals surface area contributed by atoms with Gasteiger partial charge in [-0.1, -0.05) is 0 Å². The number of carbonyl (C=O) groups is 1. The van der Waals surface area contributed by atoms with Crippen LogP contribution in [0.2, 0.25) is 0 Å². The Hall–Kier alpha value is -1.36. The monoisotopic (exact) mass is 208 g/mol. The van der Waals surface area contributed by atoms with Crippen molar-refractivity contribution in [3.05, 3.63) is 11.8 Å². The molecule has 0 radical (unpaired) electrons. The maximum Gasteiger partial charge on any atom is 0.242 e. The van der Waals surface area contributed by atoms with Crippen LogP contribution in [-0.2, 0) is 11.8 Å². The van der Waals surface area contributed by atoms with Gasteiger partial charge in [0.15, 0.2) is 5.82 Å². The van der Waals surface area contributed by atoms with Gasteiger partial charge in [0.2, 0.25) is 5.91 Å². The molecule has 0 bridgehead atoms. The van der Waals surface area contributed by atoms with Gasteiger partial charge in [-0.2, -0.15) is 5.10 Å². The fourth-order valence-electron chi connectivity index (χ4n) is 1.74. The Morgan fingerprint density at radius 2 is 2.53 bits per heavy atom. The SMILES string of the molecule is Cc1cc(NC(=O)C2CCCN2)nn1C. The molecule has 82 valence electrons. The minimum absolute atomic E-state index is 0.0191. The van der Waals surface area contributed by atoms with Crippen molar-refractivity contribution in [3.8, 4) is 0 Å². The van der Waals surface area contributed by atoms with Crippen molar-refractivity contribution < 1.29 is 4.79 Å². The van der Waals surface area contributed by atoms with E-state index in [-0.39, 0.29) is 11.9 Å². The molecule has 1 aromatic rings. The third-order valence-corrected chi connectivity index (χ3v) is 2.74. The minimum Gasteiger partial charge on any atom is -0.308 e. The Kier molecular flexibility index (Phi) is 2.73. The summed E-state index contributed by atoms with van der Waals surface area (Å²) in [6.45, 7) is 2.88. The molecule has 1 aromatic heterocycles. The molecule has 0 aliphatic carbocycles. The van der Waals surface area contributed by atoms with Gasteiger partial charge in [-0.05, 0) is 26.3 Å². The molecule has 1 unspecified atom stereocenters. The molecule has 1 aliphatic rings. The summed E-state index contributed by atoms with van der Waals surface area (Å²) in [7, 11) is 1.86. The van der Waals surface area contributed by atoms with E-state index in [1.54, 1.807) is 4.68 Å². The highest BCUT2D eigenvalue weighted by Crippen LogP contribution is 2.10. The zero-order valence-corrected chi connectivity index (χ0v) is 9.08. The normalized spacial score (nSPS) is 20.5. The third kappa shape index (κ3) is 2.18. The summed E-state index contributed by atoms with van der Waals surface area (Å²) < 4.78 is 1.75. The molecule has 2 rings (SSSR count). The van der Waals surface area contributed by atoms with E-state index < -0.39 is 0 Å². The maximum absolute atomic E-state index is 11.7. The van der Waals surface area contributed by atoms with Crippen LogP contribution in [0.5, 0.6) is 0 Å². The van der Waals surface area contributed by atoms with E-state index in [0.29, 0.717) is 5.82 Å². The van der Waals surface area contributed by atoms with Crippen LogP contribution in [0, 0.1) is 6.92 Å². The lowest BCUT2D eigenvalue weighted by Crippen LogP contribution is -2.35. The van der Waals surface area contributed by atoms with Gasteiger partial charge < -0.3 is 10.6 Å². The summed E-state index contributed by atoms with van der Waals surface area (Å²) in [4.78, 5) is 11.7. The Balaban J connectivity index is 1.99. The Bertz CT molecular complexity index is 346. The standard InChI is InChI=1S/C10H16N4O/c1-7-6-9(13-14(7)2)12-10(15)8-4-3-5-11-8/h6,8,11H,3-5H2,1-2H3,(H,12,13,15). The molecule has 5 nitrogen and oxygen atoms in total. The Morgan fingerprint density at radius 3 is 3.07 bits per heavy atom. The number of aryl methyl sites for hydroxylation is 2. The fourth-order valence-corrected chi connectivity index (χ4v) is 1.74. The zero-order valence-electron chi connectivity index (χ0n) is 9.08. The molecule has 1 aliphatic heterocycles. The van der Waals surface area contributed by atoms with Crippen molar-refractivity contribution in [3.63, 3.8) is 0 Å². The van der Waals surface area contributed by atoms with Crippen LogP contribution in [0.3, 0.4) is 0 Å².